The van der Waals surface area contributed by atoms with Crippen LogP contribution in [0, 0.1) is 5.92 Å². The van der Waals surface area contributed by atoms with Crippen LogP contribution in [0.1, 0.15) is 22.3 Å². The van der Waals surface area contributed by atoms with Crippen molar-refractivity contribution in [2.45, 2.75) is 12.8 Å². The van der Waals surface area contributed by atoms with E-state index >= 15 is 0 Å². The van der Waals surface area contributed by atoms with Gasteiger partial charge in [0.05, 0.1) is 19.3 Å². The molecular weight excluding hydrogens is 232 g/mol. The Morgan fingerprint density at radius 2 is 2.06 bits per heavy atom. The first kappa shape index (κ1) is 12.8. The van der Waals surface area contributed by atoms with Gasteiger partial charge in [0.2, 0.25) is 0 Å². The molecule has 1 aliphatic heterocycles. The Kier molecular flexibility index (Phi) is 4.10. The van der Waals surface area contributed by atoms with Gasteiger partial charge in [0.1, 0.15) is 5.78 Å². The van der Waals surface area contributed by atoms with Gasteiger partial charge >= 0.3 is 5.97 Å². The van der Waals surface area contributed by atoms with E-state index < -0.39 is 0 Å². The van der Waals surface area contributed by atoms with Crippen LogP contribution in [0.5, 0.6) is 0 Å². The number of rotatable bonds is 4. The first-order chi connectivity index (χ1) is 8.70. The van der Waals surface area contributed by atoms with Crippen molar-refractivity contribution in [1.29, 1.82) is 0 Å². The highest BCUT2D eigenvalue weighted by Gasteiger charge is 2.23. The van der Waals surface area contributed by atoms with E-state index in [1.807, 2.05) is 0 Å². The summed E-state index contributed by atoms with van der Waals surface area (Å²) in [6.45, 7) is 1.22. The lowest BCUT2D eigenvalue weighted by atomic mass is 9.97. The Morgan fingerprint density at radius 3 is 2.61 bits per heavy atom. The molecule has 0 aliphatic carbocycles. The highest BCUT2D eigenvalue weighted by molar-refractivity contribution is 5.89. The van der Waals surface area contributed by atoms with E-state index in [0.717, 1.165) is 12.0 Å². The van der Waals surface area contributed by atoms with E-state index in [0.29, 0.717) is 25.2 Å². The average molecular weight is 248 g/mol. The Bertz CT molecular complexity index is 430. The summed E-state index contributed by atoms with van der Waals surface area (Å²) in [4.78, 5) is 23.2. The summed E-state index contributed by atoms with van der Waals surface area (Å²) in [7, 11) is 1.35. The molecule has 0 amide bonds. The van der Waals surface area contributed by atoms with Crippen LogP contribution in [0.3, 0.4) is 0 Å². The van der Waals surface area contributed by atoms with Gasteiger partial charge in [-0.25, -0.2) is 4.79 Å². The van der Waals surface area contributed by atoms with Crippen LogP contribution in [0.4, 0.5) is 0 Å². The van der Waals surface area contributed by atoms with Crippen molar-refractivity contribution in [1.82, 2.24) is 0 Å². The lowest BCUT2D eigenvalue weighted by Crippen LogP contribution is -2.16. The molecule has 1 saturated heterocycles. The van der Waals surface area contributed by atoms with Crippen molar-refractivity contribution in [2.24, 2.45) is 5.92 Å². The fourth-order valence-electron chi connectivity index (χ4n) is 2.01. The van der Waals surface area contributed by atoms with Gasteiger partial charge in [-0.1, -0.05) is 12.1 Å². The Hall–Kier alpha value is -1.68. The predicted octanol–water partition coefficient (Wildman–Crippen LogP) is 1.62. The molecule has 18 heavy (non-hydrogen) atoms. The monoisotopic (exact) mass is 248 g/mol. The second-order valence-electron chi connectivity index (χ2n) is 4.39. The molecule has 0 aromatic heterocycles. The lowest BCUT2D eigenvalue weighted by Gasteiger charge is -2.07. The van der Waals surface area contributed by atoms with Gasteiger partial charge in [0, 0.05) is 18.9 Å². The summed E-state index contributed by atoms with van der Waals surface area (Å²) in [6.07, 6.45) is 1.22. The normalized spacial score (nSPS) is 18.6. The van der Waals surface area contributed by atoms with Gasteiger partial charge in [-0.15, -0.1) is 0 Å². The van der Waals surface area contributed by atoms with Crippen molar-refractivity contribution >= 4 is 11.8 Å². The van der Waals surface area contributed by atoms with Crippen LogP contribution in [0.15, 0.2) is 24.3 Å². The van der Waals surface area contributed by atoms with Crippen LogP contribution in [0.25, 0.3) is 0 Å². The van der Waals surface area contributed by atoms with E-state index in [1.54, 1.807) is 24.3 Å². The fraction of sp³-hybridized carbons (Fsp3) is 0.429. The van der Waals surface area contributed by atoms with Crippen LogP contribution in [-0.4, -0.2) is 32.1 Å². The van der Waals surface area contributed by atoms with Crippen molar-refractivity contribution < 1.29 is 19.1 Å². The number of ketones is 1. The van der Waals surface area contributed by atoms with Gasteiger partial charge in [-0.3, -0.25) is 4.79 Å². The van der Waals surface area contributed by atoms with Crippen molar-refractivity contribution in [2.75, 3.05) is 20.3 Å². The number of ether oxygens (including phenoxy) is 2. The molecule has 1 unspecified atom stereocenters. The second-order valence-corrected chi connectivity index (χ2v) is 4.39. The van der Waals surface area contributed by atoms with Crippen molar-refractivity contribution in [3.05, 3.63) is 35.4 Å². The molecule has 4 heteroatoms. The number of benzene rings is 1. The molecule has 1 aromatic rings. The molecule has 0 N–H and O–H groups in total. The molecule has 96 valence electrons. The summed E-state index contributed by atoms with van der Waals surface area (Å²) in [5.74, 6) is -0.124. The summed E-state index contributed by atoms with van der Waals surface area (Å²) < 4.78 is 9.82. The van der Waals surface area contributed by atoms with Gasteiger partial charge in [0.25, 0.3) is 0 Å². The molecule has 0 bridgehead atoms. The molecule has 0 radical (unpaired) electrons. The van der Waals surface area contributed by atoms with E-state index in [9.17, 15) is 9.59 Å². The highest BCUT2D eigenvalue weighted by Crippen LogP contribution is 2.16. The molecule has 1 fully saturated rings. The first-order valence-electron chi connectivity index (χ1n) is 5.98. The van der Waals surface area contributed by atoms with E-state index in [1.165, 1.54) is 7.11 Å². The smallest absolute Gasteiger partial charge is 0.337 e. The first-order valence-corrected chi connectivity index (χ1v) is 5.98. The summed E-state index contributed by atoms with van der Waals surface area (Å²) in [5, 5.41) is 0. The van der Waals surface area contributed by atoms with Crippen LogP contribution in [0.2, 0.25) is 0 Å². The second kappa shape index (κ2) is 5.78. The zero-order valence-electron chi connectivity index (χ0n) is 10.3. The number of Topliss-reactive ketones (excluding diaryl/α,β-unsaturated/α-hetero) is 1. The summed E-state index contributed by atoms with van der Waals surface area (Å²) in [6, 6.07) is 6.94. The summed E-state index contributed by atoms with van der Waals surface area (Å²) >= 11 is 0. The predicted molar refractivity (Wildman–Crippen MR) is 65.4 cm³/mol. The SMILES string of the molecule is COC(=O)c1ccc(CC(=O)C2CCOC2)cc1. The van der Waals surface area contributed by atoms with E-state index in [-0.39, 0.29) is 17.7 Å². The quantitative estimate of drug-likeness (QED) is 0.760. The lowest BCUT2D eigenvalue weighted by molar-refractivity contribution is -0.122. The topological polar surface area (TPSA) is 52.6 Å². The maximum atomic E-state index is 11.9. The molecule has 4 nitrogen and oxygen atoms in total. The minimum Gasteiger partial charge on any atom is -0.465 e. The number of hydrogen-bond acceptors (Lipinski definition) is 4. The third kappa shape index (κ3) is 2.96. The molecule has 0 spiro atoms. The Balaban J connectivity index is 1.97. The molecule has 1 aliphatic rings. The minimum atomic E-state index is -0.364. The third-order valence-electron chi connectivity index (χ3n) is 3.14. The molecule has 1 heterocycles. The number of carbonyl (C=O) groups is 2. The van der Waals surface area contributed by atoms with Crippen molar-refractivity contribution in [3.63, 3.8) is 0 Å². The van der Waals surface area contributed by atoms with Gasteiger partial charge in [-0.05, 0) is 24.1 Å². The Labute approximate surface area is 106 Å². The van der Waals surface area contributed by atoms with E-state index in [4.69, 9.17) is 4.74 Å². The average Bonchev–Trinajstić information content (AvgIpc) is 2.92. The molecule has 0 saturated carbocycles. The van der Waals surface area contributed by atoms with Crippen LogP contribution < -0.4 is 0 Å². The Morgan fingerprint density at radius 1 is 1.33 bits per heavy atom. The largest absolute Gasteiger partial charge is 0.465 e. The zero-order valence-corrected chi connectivity index (χ0v) is 10.3. The highest BCUT2D eigenvalue weighted by atomic mass is 16.5. The zero-order chi connectivity index (χ0) is 13.0. The van der Waals surface area contributed by atoms with Crippen molar-refractivity contribution in [3.8, 4) is 0 Å². The fourth-order valence-corrected chi connectivity index (χ4v) is 2.01. The maximum absolute atomic E-state index is 11.9. The maximum Gasteiger partial charge on any atom is 0.337 e. The van der Waals surface area contributed by atoms with E-state index in [2.05, 4.69) is 4.74 Å². The van der Waals surface area contributed by atoms with Gasteiger partial charge < -0.3 is 9.47 Å². The number of hydrogen-bond donors (Lipinski definition) is 0. The molecule has 2 rings (SSSR count). The van der Waals surface area contributed by atoms with Crippen LogP contribution in [-0.2, 0) is 20.7 Å². The number of methoxy groups -OCH3 is 1. The third-order valence-corrected chi connectivity index (χ3v) is 3.14. The van der Waals surface area contributed by atoms with Gasteiger partial charge in [-0.2, -0.15) is 0 Å². The van der Waals surface area contributed by atoms with Crippen LogP contribution >= 0.6 is 0 Å². The summed E-state index contributed by atoms with van der Waals surface area (Å²) in [5.41, 5.74) is 1.41. The van der Waals surface area contributed by atoms with Gasteiger partial charge in [0.15, 0.2) is 0 Å². The molecule has 1 atom stereocenters. The number of esters is 1. The molecule has 1 aromatic carbocycles. The minimum absolute atomic E-state index is 0.0327. The number of carbonyl (C=O) groups excluding carboxylic acids is 2. The standard InChI is InChI=1S/C14H16O4/c1-17-14(16)11-4-2-10(3-5-11)8-13(15)12-6-7-18-9-12/h2-5,12H,6-9H2,1H3. The molecular formula is C14H16O4.